The molecule has 21 heavy (non-hydrogen) atoms. The molecule has 0 aliphatic heterocycles. The number of rotatable bonds is 5. The summed E-state index contributed by atoms with van der Waals surface area (Å²) < 4.78 is 5.66. The minimum Gasteiger partial charge on any atom is -0.444 e. The maximum Gasteiger partial charge on any atom is 0.291 e. The van der Waals surface area contributed by atoms with Gasteiger partial charge in [-0.25, -0.2) is 0 Å². The van der Waals surface area contributed by atoms with Crippen molar-refractivity contribution in [1.82, 2.24) is 5.32 Å². The van der Waals surface area contributed by atoms with Crippen molar-refractivity contribution < 1.29 is 14.0 Å². The molecule has 5 nitrogen and oxygen atoms in total. The van der Waals surface area contributed by atoms with Gasteiger partial charge in [-0.3, -0.25) is 9.59 Å². The Bertz CT molecular complexity index is 652. The van der Waals surface area contributed by atoms with Crippen LogP contribution in [0.1, 0.15) is 34.3 Å². The fraction of sp³-hybridized carbons (Fsp3) is 0.200. The van der Waals surface area contributed by atoms with E-state index in [1.54, 1.807) is 36.4 Å². The van der Waals surface area contributed by atoms with Gasteiger partial charge in [0.15, 0.2) is 10.4 Å². The highest BCUT2D eigenvalue weighted by Crippen LogP contribution is 2.16. The van der Waals surface area contributed by atoms with Crippen molar-refractivity contribution in [2.24, 2.45) is 0 Å². The Kier molecular flexibility index (Phi) is 5.16. The Labute approximate surface area is 130 Å². The van der Waals surface area contributed by atoms with Gasteiger partial charge in [0.1, 0.15) is 0 Å². The van der Waals surface area contributed by atoms with Gasteiger partial charge in [0.2, 0.25) is 0 Å². The molecule has 0 unspecified atom stereocenters. The molecule has 0 saturated carbocycles. The first-order valence-corrected chi connectivity index (χ1v) is 7.34. The lowest BCUT2D eigenvalue weighted by atomic mass is 10.2. The lowest BCUT2D eigenvalue weighted by Gasteiger charge is -2.07. The van der Waals surface area contributed by atoms with E-state index >= 15 is 0 Å². The highest BCUT2D eigenvalue weighted by Gasteiger charge is 2.12. The van der Waals surface area contributed by atoms with Gasteiger partial charge in [-0.1, -0.05) is 13.0 Å². The second kappa shape index (κ2) is 7.08. The third kappa shape index (κ3) is 4.19. The van der Waals surface area contributed by atoms with Gasteiger partial charge in [0, 0.05) is 17.8 Å². The maximum absolute atomic E-state index is 12.0. The molecular formula is C15H15BrN2O3. The van der Waals surface area contributed by atoms with Gasteiger partial charge < -0.3 is 15.1 Å². The Balaban J connectivity index is 2.07. The first-order valence-electron chi connectivity index (χ1n) is 6.55. The number of hydrogen-bond donors (Lipinski definition) is 2. The van der Waals surface area contributed by atoms with Gasteiger partial charge in [-0.15, -0.1) is 0 Å². The molecule has 0 aliphatic rings. The average molecular weight is 351 g/mol. The van der Waals surface area contributed by atoms with Crippen molar-refractivity contribution in [2.45, 2.75) is 13.3 Å². The number of furan rings is 1. The lowest BCUT2D eigenvalue weighted by molar-refractivity contribution is 0.0951. The molecule has 0 saturated heterocycles. The molecule has 6 heteroatoms. The summed E-state index contributed by atoms with van der Waals surface area (Å²) in [6, 6.07) is 9.97. The third-order valence-electron chi connectivity index (χ3n) is 2.72. The highest BCUT2D eigenvalue weighted by atomic mass is 79.9. The summed E-state index contributed by atoms with van der Waals surface area (Å²) >= 11 is 3.14. The fourth-order valence-corrected chi connectivity index (χ4v) is 2.01. The summed E-state index contributed by atoms with van der Waals surface area (Å²) in [6.45, 7) is 2.61. The van der Waals surface area contributed by atoms with Crippen LogP contribution >= 0.6 is 15.9 Å². The van der Waals surface area contributed by atoms with E-state index in [-0.39, 0.29) is 17.6 Å². The standard InChI is InChI=1S/C15H15BrN2O3/c1-2-8-17-14(19)10-4-3-5-11(9-10)18-15(20)12-6-7-13(16)21-12/h3-7,9H,2,8H2,1H3,(H,17,19)(H,18,20). The number of benzene rings is 1. The van der Waals surface area contributed by atoms with Crippen molar-refractivity contribution in [1.29, 1.82) is 0 Å². The largest absolute Gasteiger partial charge is 0.444 e. The van der Waals surface area contributed by atoms with Gasteiger partial charge in [0.25, 0.3) is 11.8 Å². The minimum absolute atomic E-state index is 0.159. The molecule has 0 spiro atoms. The number of anilines is 1. The molecule has 110 valence electrons. The Morgan fingerprint density at radius 1 is 1.19 bits per heavy atom. The molecule has 2 N–H and O–H groups in total. The predicted octanol–water partition coefficient (Wildman–Crippen LogP) is 3.43. The number of hydrogen-bond acceptors (Lipinski definition) is 3. The molecule has 0 fully saturated rings. The summed E-state index contributed by atoms with van der Waals surface area (Å²) in [5, 5.41) is 5.48. The van der Waals surface area contributed by atoms with E-state index in [4.69, 9.17) is 4.42 Å². The van der Waals surface area contributed by atoms with Crippen molar-refractivity contribution in [3.05, 3.63) is 52.4 Å². The van der Waals surface area contributed by atoms with Crippen LogP contribution in [0.4, 0.5) is 5.69 Å². The maximum atomic E-state index is 12.0. The van der Waals surface area contributed by atoms with Crippen LogP contribution in [0, 0.1) is 0 Å². The minimum atomic E-state index is -0.369. The van der Waals surface area contributed by atoms with Crippen molar-refractivity contribution in [2.75, 3.05) is 11.9 Å². The third-order valence-corrected chi connectivity index (χ3v) is 3.14. The van der Waals surface area contributed by atoms with Crippen LogP contribution in [0.3, 0.4) is 0 Å². The van der Waals surface area contributed by atoms with E-state index in [2.05, 4.69) is 26.6 Å². The molecule has 1 aromatic carbocycles. The van der Waals surface area contributed by atoms with E-state index in [0.717, 1.165) is 6.42 Å². The van der Waals surface area contributed by atoms with Gasteiger partial charge in [0.05, 0.1) is 0 Å². The van der Waals surface area contributed by atoms with E-state index in [1.165, 1.54) is 0 Å². The number of carbonyl (C=O) groups excluding carboxylic acids is 2. The zero-order valence-corrected chi connectivity index (χ0v) is 13.1. The molecule has 2 rings (SSSR count). The number of nitrogens with one attached hydrogen (secondary N) is 2. The van der Waals surface area contributed by atoms with Crippen LogP contribution in [0.5, 0.6) is 0 Å². The Morgan fingerprint density at radius 3 is 2.67 bits per heavy atom. The molecule has 0 bridgehead atoms. The van der Waals surface area contributed by atoms with Gasteiger partial charge in [-0.2, -0.15) is 0 Å². The second-order valence-electron chi connectivity index (χ2n) is 4.39. The van der Waals surface area contributed by atoms with Crippen LogP contribution in [-0.2, 0) is 0 Å². The van der Waals surface area contributed by atoms with Crippen molar-refractivity contribution in [3.8, 4) is 0 Å². The van der Waals surface area contributed by atoms with Crippen LogP contribution in [0.15, 0.2) is 45.5 Å². The summed E-state index contributed by atoms with van der Waals surface area (Å²) in [6.07, 6.45) is 0.871. The Hall–Kier alpha value is -2.08. The molecule has 0 radical (unpaired) electrons. The normalized spacial score (nSPS) is 10.2. The number of amides is 2. The SMILES string of the molecule is CCCNC(=O)c1cccc(NC(=O)c2ccc(Br)o2)c1. The molecule has 1 aromatic heterocycles. The molecule has 0 aliphatic carbocycles. The molecule has 1 heterocycles. The van der Waals surface area contributed by atoms with Crippen LogP contribution in [-0.4, -0.2) is 18.4 Å². The zero-order chi connectivity index (χ0) is 15.2. The lowest BCUT2D eigenvalue weighted by Crippen LogP contribution is -2.24. The topological polar surface area (TPSA) is 71.3 Å². The number of carbonyl (C=O) groups is 2. The summed E-state index contributed by atoms with van der Waals surface area (Å²) in [5.41, 5.74) is 1.04. The van der Waals surface area contributed by atoms with Gasteiger partial charge >= 0.3 is 0 Å². The first kappa shape index (κ1) is 15.3. The first-order chi connectivity index (χ1) is 10.1. The van der Waals surface area contributed by atoms with Gasteiger partial charge in [-0.05, 0) is 52.7 Å². The monoisotopic (exact) mass is 350 g/mol. The van der Waals surface area contributed by atoms with Crippen LogP contribution in [0.2, 0.25) is 0 Å². The Morgan fingerprint density at radius 2 is 2.00 bits per heavy atom. The van der Waals surface area contributed by atoms with Crippen LogP contribution < -0.4 is 10.6 Å². The second-order valence-corrected chi connectivity index (χ2v) is 5.18. The van der Waals surface area contributed by atoms with E-state index < -0.39 is 0 Å². The van der Waals surface area contributed by atoms with E-state index in [0.29, 0.717) is 22.5 Å². The average Bonchev–Trinajstić information content (AvgIpc) is 2.91. The highest BCUT2D eigenvalue weighted by molar-refractivity contribution is 9.10. The van der Waals surface area contributed by atoms with E-state index in [1.807, 2.05) is 6.92 Å². The molecular weight excluding hydrogens is 336 g/mol. The molecule has 2 aromatic rings. The summed E-state index contributed by atoms with van der Waals surface area (Å²) in [7, 11) is 0. The summed E-state index contributed by atoms with van der Waals surface area (Å²) in [4.78, 5) is 23.8. The van der Waals surface area contributed by atoms with Crippen LogP contribution in [0.25, 0.3) is 0 Å². The summed E-state index contributed by atoms with van der Waals surface area (Å²) in [5.74, 6) is -0.330. The fourth-order valence-electron chi connectivity index (χ4n) is 1.71. The number of halogens is 1. The van der Waals surface area contributed by atoms with E-state index in [9.17, 15) is 9.59 Å². The van der Waals surface area contributed by atoms with Crippen molar-refractivity contribution >= 4 is 33.4 Å². The smallest absolute Gasteiger partial charge is 0.291 e. The quantitative estimate of drug-likeness (QED) is 0.867. The predicted molar refractivity (Wildman–Crippen MR) is 83.4 cm³/mol. The zero-order valence-electron chi connectivity index (χ0n) is 11.5. The van der Waals surface area contributed by atoms with Crippen molar-refractivity contribution in [3.63, 3.8) is 0 Å². The molecule has 0 atom stereocenters. The molecule has 2 amide bonds.